The first-order chi connectivity index (χ1) is 7.36. The van der Waals surface area contributed by atoms with Crippen LogP contribution in [0.5, 0.6) is 0 Å². The average molecular weight is 236 g/mol. The Morgan fingerprint density at radius 2 is 2.47 bits per heavy atom. The molecule has 1 N–H and O–H groups in total. The number of hydrogen-bond donors (Lipinski definition) is 1. The van der Waals surface area contributed by atoms with E-state index in [1.807, 2.05) is 12.1 Å². The number of rotatable bonds is 3. The lowest BCUT2D eigenvalue weighted by molar-refractivity contribution is 0.603. The first kappa shape index (κ1) is 10.2. The average Bonchev–Trinajstić information content (AvgIpc) is 2.74. The highest BCUT2D eigenvalue weighted by atomic mass is 32.1. The number of fused-ring (bicyclic) bond motifs is 1. The molecule has 1 aromatic carbocycles. The van der Waals surface area contributed by atoms with Crippen LogP contribution in [0.15, 0.2) is 17.6 Å². The van der Waals surface area contributed by atoms with Crippen LogP contribution in [0.4, 0.5) is 5.69 Å². The van der Waals surface area contributed by atoms with Crippen molar-refractivity contribution in [3.63, 3.8) is 0 Å². The lowest BCUT2D eigenvalue weighted by atomic mass is 10.3. The van der Waals surface area contributed by atoms with E-state index in [9.17, 15) is 4.57 Å². The van der Waals surface area contributed by atoms with Gasteiger partial charge in [-0.25, -0.2) is 4.98 Å². The van der Waals surface area contributed by atoms with E-state index >= 15 is 0 Å². The molecule has 15 heavy (non-hydrogen) atoms. The zero-order valence-corrected chi connectivity index (χ0v) is 9.83. The zero-order chi connectivity index (χ0) is 10.7. The number of terminal acetylenes is 1. The van der Waals surface area contributed by atoms with Crippen molar-refractivity contribution < 1.29 is 4.57 Å². The summed E-state index contributed by atoms with van der Waals surface area (Å²) in [6.45, 7) is 0.468. The van der Waals surface area contributed by atoms with Gasteiger partial charge in [-0.3, -0.25) is 0 Å². The van der Waals surface area contributed by atoms with Crippen molar-refractivity contribution in [1.82, 2.24) is 4.98 Å². The molecule has 0 aliphatic carbocycles. The molecule has 2 rings (SSSR count). The number of hydrogen-bond acceptors (Lipinski definition) is 4. The molecule has 3 nitrogen and oxygen atoms in total. The molecule has 1 unspecified atom stereocenters. The van der Waals surface area contributed by atoms with Gasteiger partial charge in [0.2, 0.25) is 0 Å². The summed E-state index contributed by atoms with van der Waals surface area (Å²) in [5.41, 5.74) is 3.52. The summed E-state index contributed by atoms with van der Waals surface area (Å²) in [6, 6.07) is 3.74. The Morgan fingerprint density at radius 1 is 1.60 bits per heavy atom. The van der Waals surface area contributed by atoms with Gasteiger partial charge in [-0.1, -0.05) is 5.92 Å². The predicted octanol–water partition coefficient (Wildman–Crippen LogP) is 1.72. The molecule has 0 bridgehead atoms. The Morgan fingerprint density at radius 3 is 3.20 bits per heavy atom. The Balaban J connectivity index is 2.54. The van der Waals surface area contributed by atoms with Crippen LogP contribution in [0.1, 0.15) is 0 Å². The Bertz CT molecular complexity index is 544. The van der Waals surface area contributed by atoms with Gasteiger partial charge in [0.15, 0.2) is 0 Å². The lowest BCUT2D eigenvalue weighted by Crippen LogP contribution is -2.01. The monoisotopic (exact) mass is 236 g/mol. The number of thiazole rings is 1. The van der Waals surface area contributed by atoms with E-state index in [1.165, 1.54) is 11.3 Å². The molecular weight excluding hydrogens is 227 g/mol. The van der Waals surface area contributed by atoms with Crippen LogP contribution < -0.4 is 10.6 Å². The molecular formula is C10H9N2OPS. The molecule has 0 saturated carbocycles. The minimum atomic E-state index is -0.916. The van der Waals surface area contributed by atoms with Crippen molar-refractivity contribution in [1.29, 1.82) is 0 Å². The Labute approximate surface area is 92.7 Å². The zero-order valence-electron chi connectivity index (χ0n) is 7.86. The molecule has 76 valence electrons. The van der Waals surface area contributed by atoms with E-state index in [0.29, 0.717) is 6.54 Å². The minimum Gasteiger partial charge on any atom is -0.372 e. The highest BCUT2D eigenvalue weighted by molar-refractivity contribution is 7.37. The van der Waals surface area contributed by atoms with Crippen LogP contribution in [-0.4, -0.2) is 11.5 Å². The lowest BCUT2D eigenvalue weighted by Gasteiger charge is -2.04. The Hall–Kier alpha value is -1.30. The molecule has 2 aromatic rings. The fourth-order valence-electron chi connectivity index (χ4n) is 1.35. The number of anilines is 1. The third-order valence-electron chi connectivity index (χ3n) is 2.02. The van der Waals surface area contributed by atoms with Crippen LogP contribution in [-0.2, 0) is 4.57 Å². The van der Waals surface area contributed by atoms with Gasteiger partial charge in [-0.05, 0) is 12.1 Å². The summed E-state index contributed by atoms with van der Waals surface area (Å²) in [5.74, 6) is 2.51. The van der Waals surface area contributed by atoms with Crippen molar-refractivity contribution >= 4 is 41.0 Å². The van der Waals surface area contributed by atoms with Gasteiger partial charge in [-0.2, -0.15) is 0 Å². The Kier molecular flexibility index (Phi) is 3.05. The summed E-state index contributed by atoms with van der Waals surface area (Å²) >= 11 is 1.50. The van der Waals surface area contributed by atoms with Crippen molar-refractivity contribution in [2.75, 3.05) is 11.9 Å². The smallest absolute Gasteiger partial charge is 0.105 e. The quantitative estimate of drug-likeness (QED) is 0.651. The van der Waals surface area contributed by atoms with E-state index in [4.69, 9.17) is 6.42 Å². The van der Waals surface area contributed by atoms with Crippen molar-refractivity contribution in [3.8, 4) is 12.3 Å². The fourth-order valence-corrected chi connectivity index (χ4v) is 2.86. The maximum atomic E-state index is 11.0. The summed E-state index contributed by atoms with van der Waals surface area (Å²) in [6.07, 6.45) is 5.18. The molecule has 0 radical (unpaired) electrons. The summed E-state index contributed by atoms with van der Waals surface area (Å²) in [4.78, 5) is 4.24. The SMILES string of the molecule is C#CCNc1ccc([PH2]=O)c2scnc12. The van der Waals surface area contributed by atoms with E-state index in [2.05, 4.69) is 16.2 Å². The molecule has 0 saturated heterocycles. The third kappa shape index (κ3) is 1.90. The van der Waals surface area contributed by atoms with Gasteiger partial charge in [-0.15, -0.1) is 17.8 Å². The van der Waals surface area contributed by atoms with Crippen LogP contribution in [0.25, 0.3) is 10.2 Å². The molecule has 0 amide bonds. The van der Waals surface area contributed by atoms with Crippen LogP contribution in [0.3, 0.4) is 0 Å². The molecule has 0 aliphatic heterocycles. The number of nitrogens with one attached hydrogen (secondary N) is 1. The summed E-state index contributed by atoms with van der Waals surface area (Å²) < 4.78 is 12.0. The summed E-state index contributed by atoms with van der Waals surface area (Å²) in [5, 5.41) is 3.96. The highest BCUT2D eigenvalue weighted by Gasteiger charge is 2.06. The van der Waals surface area contributed by atoms with Crippen LogP contribution in [0, 0.1) is 12.3 Å². The van der Waals surface area contributed by atoms with Gasteiger partial charge in [0, 0.05) is 5.30 Å². The van der Waals surface area contributed by atoms with Gasteiger partial charge in [0.05, 0.1) is 30.9 Å². The number of benzene rings is 1. The van der Waals surface area contributed by atoms with Crippen molar-refractivity contribution in [2.24, 2.45) is 0 Å². The molecule has 1 heterocycles. The molecule has 5 heteroatoms. The largest absolute Gasteiger partial charge is 0.372 e. The molecule has 1 aromatic heterocycles. The summed E-state index contributed by atoms with van der Waals surface area (Å²) in [7, 11) is -0.916. The van der Waals surface area contributed by atoms with E-state index in [-0.39, 0.29) is 0 Å². The van der Waals surface area contributed by atoms with Gasteiger partial charge in [0.25, 0.3) is 0 Å². The molecule has 0 spiro atoms. The normalized spacial score (nSPS) is 10.9. The second-order valence-electron chi connectivity index (χ2n) is 2.91. The fraction of sp³-hybridized carbons (Fsp3) is 0.100. The topological polar surface area (TPSA) is 42.0 Å². The molecule has 0 aliphatic rings. The van der Waals surface area contributed by atoms with E-state index < -0.39 is 8.46 Å². The third-order valence-corrected chi connectivity index (χ3v) is 3.84. The van der Waals surface area contributed by atoms with E-state index in [0.717, 1.165) is 21.2 Å². The van der Waals surface area contributed by atoms with Crippen molar-refractivity contribution in [3.05, 3.63) is 17.6 Å². The van der Waals surface area contributed by atoms with Gasteiger partial charge >= 0.3 is 0 Å². The standard InChI is InChI=1S/C10H9N2OPS/c1-2-5-11-7-3-4-8(14-13)10-9(7)12-6-15-10/h1,3-4,6,11H,5,14H2. The van der Waals surface area contributed by atoms with Gasteiger partial charge < -0.3 is 9.88 Å². The van der Waals surface area contributed by atoms with Crippen LogP contribution in [0.2, 0.25) is 0 Å². The highest BCUT2D eigenvalue weighted by Crippen LogP contribution is 2.25. The van der Waals surface area contributed by atoms with Crippen molar-refractivity contribution in [2.45, 2.75) is 0 Å². The van der Waals surface area contributed by atoms with Gasteiger partial charge in [0.1, 0.15) is 5.52 Å². The first-order valence-electron chi connectivity index (χ1n) is 4.35. The molecule has 1 atom stereocenters. The first-order valence-corrected chi connectivity index (χ1v) is 6.28. The number of aromatic nitrogens is 1. The van der Waals surface area contributed by atoms with Crippen LogP contribution >= 0.6 is 19.8 Å². The number of nitrogens with zero attached hydrogens (tertiary/aromatic N) is 1. The maximum Gasteiger partial charge on any atom is 0.105 e. The predicted molar refractivity (Wildman–Crippen MR) is 67.0 cm³/mol. The second kappa shape index (κ2) is 4.48. The second-order valence-corrected chi connectivity index (χ2v) is 4.62. The van der Waals surface area contributed by atoms with E-state index in [1.54, 1.807) is 5.51 Å². The maximum absolute atomic E-state index is 11.0. The minimum absolute atomic E-state index is 0.468. The molecule has 0 fully saturated rings.